The van der Waals surface area contributed by atoms with Crippen LogP contribution in [-0.4, -0.2) is 11.5 Å². The molecule has 0 unspecified atom stereocenters. The Morgan fingerprint density at radius 3 is 2.61 bits per heavy atom. The van der Waals surface area contributed by atoms with Crippen LogP contribution >= 0.6 is 0 Å². The molecule has 3 heteroatoms. The van der Waals surface area contributed by atoms with Crippen LogP contribution < -0.4 is 4.90 Å². The van der Waals surface area contributed by atoms with Gasteiger partial charge in [0.15, 0.2) is 0 Å². The maximum Gasteiger partial charge on any atom is 0.0640 e. The summed E-state index contributed by atoms with van der Waals surface area (Å²) in [5.41, 5.74) is 3.15. The van der Waals surface area contributed by atoms with Gasteiger partial charge in [0.25, 0.3) is 0 Å². The SMILES string of the molecule is Cc1cc(N(CCC#N)c2ccccc2)ccn1. The predicted molar refractivity (Wildman–Crippen MR) is 72.7 cm³/mol. The Labute approximate surface area is 107 Å². The van der Waals surface area contributed by atoms with Crippen molar-refractivity contribution < 1.29 is 0 Å². The fourth-order valence-corrected chi connectivity index (χ4v) is 1.88. The van der Waals surface area contributed by atoms with E-state index in [1.807, 2.05) is 49.4 Å². The summed E-state index contributed by atoms with van der Waals surface area (Å²) in [5.74, 6) is 0. The van der Waals surface area contributed by atoms with Gasteiger partial charge in [-0.1, -0.05) is 18.2 Å². The van der Waals surface area contributed by atoms with Crippen LogP contribution in [0.3, 0.4) is 0 Å². The molecule has 2 aromatic rings. The number of para-hydroxylation sites is 1. The number of anilines is 2. The summed E-state index contributed by atoms with van der Waals surface area (Å²) in [5, 5.41) is 8.77. The predicted octanol–water partition coefficient (Wildman–Crippen LogP) is 3.44. The molecule has 0 bridgehead atoms. The van der Waals surface area contributed by atoms with Crippen molar-refractivity contribution in [1.82, 2.24) is 4.98 Å². The molecule has 0 N–H and O–H groups in total. The first-order valence-electron chi connectivity index (χ1n) is 5.93. The molecule has 0 saturated heterocycles. The highest BCUT2D eigenvalue weighted by molar-refractivity contribution is 5.63. The zero-order valence-corrected chi connectivity index (χ0v) is 10.4. The third-order valence-corrected chi connectivity index (χ3v) is 2.71. The molecule has 1 aromatic heterocycles. The van der Waals surface area contributed by atoms with Crippen LogP contribution in [0.2, 0.25) is 0 Å². The van der Waals surface area contributed by atoms with Gasteiger partial charge < -0.3 is 4.90 Å². The van der Waals surface area contributed by atoms with E-state index in [-0.39, 0.29) is 0 Å². The Morgan fingerprint density at radius 2 is 1.94 bits per heavy atom. The zero-order chi connectivity index (χ0) is 12.8. The number of rotatable bonds is 4. The monoisotopic (exact) mass is 237 g/mol. The summed E-state index contributed by atoms with van der Waals surface area (Å²) in [7, 11) is 0. The van der Waals surface area contributed by atoms with Crippen LogP contribution in [0.5, 0.6) is 0 Å². The molecule has 0 amide bonds. The lowest BCUT2D eigenvalue weighted by atomic mass is 10.2. The van der Waals surface area contributed by atoms with Crippen LogP contribution in [0.1, 0.15) is 12.1 Å². The van der Waals surface area contributed by atoms with Gasteiger partial charge in [0.05, 0.1) is 12.5 Å². The fourth-order valence-electron chi connectivity index (χ4n) is 1.88. The molecule has 0 spiro atoms. The lowest BCUT2D eigenvalue weighted by Gasteiger charge is -2.24. The maximum absolute atomic E-state index is 8.77. The number of hydrogen-bond donors (Lipinski definition) is 0. The molecular weight excluding hydrogens is 222 g/mol. The van der Waals surface area contributed by atoms with Gasteiger partial charge in [-0.3, -0.25) is 4.98 Å². The molecule has 3 nitrogen and oxygen atoms in total. The minimum Gasteiger partial charge on any atom is -0.340 e. The molecule has 1 aromatic carbocycles. The van der Waals surface area contributed by atoms with Gasteiger partial charge in [0, 0.05) is 29.8 Å². The Bertz CT molecular complexity index is 543. The number of aromatic nitrogens is 1. The largest absolute Gasteiger partial charge is 0.340 e. The molecule has 0 radical (unpaired) electrons. The van der Waals surface area contributed by atoms with Crippen LogP contribution in [0.25, 0.3) is 0 Å². The highest BCUT2D eigenvalue weighted by Crippen LogP contribution is 2.25. The molecule has 2 rings (SSSR count). The second kappa shape index (κ2) is 5.83. The smallest absolute Gasteiger partial charge is 0.0640 e. The van der Waals surface area contributed by atoms with E-state index in [9.17, 15) is 0 Å². The van der Waals surface area contributed by atoms with E-state index in [2.05, 4.69) is 16.0 Å². The molecule has 90 valence electrons. The first-order valence-corrected chi connectivity index (χ1v) is 5.93. The number of nitrogens with zero attached hydrogens (tertiary/aromatic N) is 3. The molecule has 0 aliphatic carbocycles. The van der Waals surface area contributed by atoms with Gasteiger partial charge >= 0.3 is 0 Å². The van der Waals surface area contributed by atoms with Crippen molar-refractivity contribution in [3.05, 3.63) is 54.4 Å². The average molecular weight is 237 g/mol. The van der Waals surface area contributed by atoms with Crippen LogP contribution in [0.15, 0.2) is 48.7 Å². The van der Waals surface area contributed by atoms with E-state index in [0.29, 0.717) is 13.0 Å². The van der Waals surface area contributed by atoms with Crippen LogP contribution in [-0.2, 0) is 0 Å². The van der Waals surface area contributed by atoms with Crippen molar-refractivity contribution in [3.8, 4) is 6.07 Å². The van der Waals surface area contributed by atoms with Gasteiger partial charge in [0.1, 0.15) is 0 Å². The summed E-state index contributed by atoms with van der Waals surface area (Å²) in [6.07, 6.45) is 2.29. The summed E-state index contributed by atoms with van der Waals surface area (Å²) in [6.45, 7) is 2.65. The Balaban J connectivity index is 2.34. The minimum atomic E-state index is 0.496. The second-order valence-corrected chi connectivity index (χ2v) is 4.05. The quantitative estimate of drug-likeness (QED) is 0.817. The standard InChI is InChI=1S/C15H15N3/c1-13-12-15(8-10-17-13)18(11-5-9-16)14-6-3-2-4-7-14/h2-4,6-8,10,12H,5,11H2,1H3. The average Bonchev–Trinajstić information content (AvgIpc) is 2.40. The van der Waals surface area contributed by atoms with E-state index in [0.717, 1.165) is 17.1 Å². The minimum absolute atomic E-state index is 0.496. The van der Waals surface area contributed by atoms with E-state index < -0.39 is 0 Å². The van der Waals surface area contributed by atoms with Gasteiger partial charge in [-0.25, -0.2) is 0 Å². The highest BCUT2D eigenvalue weighted by Gasteiger charge is 2.08. The van der Waals surface area contributed by atoms with E-state index in [4.69, 9.17) is 5.26 Å². The first kappa shape index (κ1) is 12.1. The normalized spacial score (nSPS) is 9.78. The Kier molecular flexibility index (Phi) is 3.93. The highest BCUT2D eigenvalue weighted by atomic mass is 15.1. The van der Waals surface area contributed by atoms with Crippen molar-refractivity contribution in [2.24, 2.45) is 0 Å². The second-order valence-electron chi connectivity index (χ2n) is 4.05. The molecule has 0 atom stereocenters. The number of benzene rings is 1. The lowest BCUT2D eigenvalue weighted by molar-refractivity contribution is 0.944. The van der Waals surface area contributed by atoms with Crippen molar-refractivity contribution in [1.29, 1.82) is 5.26 Å². The summed E-state index contributed by atoms with van der Waals surface area (Å²) >= 11 is 0. The molecule has 0 aliphatic heterocycles. The van der Waals surface area contributed by atoms with Gasteiger partial charge in [-0.05, 0) is 31.2 Å². The van der Waals surface area contributed by atoms with Crippen LogP contribution in [0.4, 0.5) is 11.4 Å². The van der Waals surface area contributed by atoms with Crippen molar-refractivity contribution in [3.63, 3.8) is 0 Å². The molecule has 0 fully saturated rings. The van der Waals surface area contributed by atoms with Crippen molar-refractivity contribution in [2.75, 3.05) is 11.4 Å². The molecule has 0 saturated carbocycles. The summed E-state index contributed by atoms with van der Waals surface area (Å²) in [4.78, 5) is 6.34. The van der Waals surface area contributed by atoms with E-state index >= 15 is 0 Å². The summed E-state index contributed by atoms with van der Waals surface area (Å²) < 4.78 is 0. The van der Waals surface area contributed by atoms with E-state index in [1.54, 1.807) is 6.20 Å². The molecular formula is C15H15N3. The van der Waals surface area contributed by atoms with Gasteiger partial charge in [-0.15, -0.1) is 0 Å². The summed E-state index contributed by atoms with van der Waals surface area (Å²) in [6, 6.07) is 16.3. The van der Waals surface area contributed by atoms with Gasteiger partial charge in [0.2, 0.25) is 0 Å². The number of hydrogen-bond acceptors (Lipinski definition) is 3. The topological polar surface area (TPSA) is 39.9 Å². The van der Waals surface area contributed by atoms with E-state index in [1.165, 1.54) is 0 Å². The number of nitriles is 1. The Morgan fingerprint density at radius 1 is 1.17 bits per heavy atom. The lowest BCUT2D eigenvalue weighted by Crippen LogP contribution is -2.18. The van der Waals surface area contributed by atoms with Crippen LogP contribution in [0, 0.1) is 18.3 Å². The third kappa shape index (κ3) is 2.86. The van der Waals surface area contributed by atoms with Crippen molar-refractivity contribution in [2.45, 2.75) is 13.3 Å². The third-order valence-electron chi connectivity index (χ3n) is 2.71. The maximum atomic E-state index is 8.77. The molecule has 18 heavy (non-hydrogen) atoms. The molecule has 1 heterocycles. The molecule has 0 aliphatic rings. The first-order chi connectivity index (χ1) is 8.81. The van der Waals surface area contributed by atoms with Crippen molar-refractivity contribution >= 4 is 11.4 Å². The number of pyridine rings is 1. The Hall–Kier alpha value is -2.34. The zero-order valence-electron chi connectivity index (χ0n) is 10.4. The van der Waals surface area contributed by atoms with Gasteiger partial charge in [-0.2, -0.15) is 5.26 Å². The number of aryl methyl sites for hydroxylation is 1. The fraction of sp³-hybridized carbons (Fsp3) is 0.200.